The number of likely N-dealkylation sites (tertiary alicyclic amines) is 1. The lowest BCUT2D eigenvalue weighted by Crippen LogP contribution is -2.48. The minimum atomic E-state index is -0.0603. The monoisotopic (exact) mass is 485 g/mol. The quantitative estimate of drug-likeness (QED) is 0.557. The molecule has 0 aromatic carbocycles. The van der Waals surface area contributed by atoms with Crippen molar-refractivity contribution < 1.29 is 9.53 Å². The Kier molecular flexibility index (Phi) is 6.00. The Morgan fingerprint density at radius 1 is 1.08 bits per heavy atom. The number of aromatic nitrogens is 4. The van der Waals surface area contributed by atoms with Crippen molar-refractivity contribution >= 4 is 17.4 Å². The number of amides is 1. The largest absolute Gasteiger partial charge is 0.375 e. The third kappa shape index (κ3) is 4.39. The molecular weight excluding hydrogens is 454 g/mol. The zero-order valence-corrected chi connectivity index (χ0v) is 20.8. The highest BCUT2D eigenvalue weighted by atomic mass is 16.5. The zero-order valence-electron chi connectivity index (χ0n) is 20.8. The molecule has 2 saturated heterocycles. The van der Waals surface area contributed by atoms with E-state index in [0.717, 1.165) is 62.0 Å². The first-order valence-corrected chi connectivity index (χ1v) is 12.7. The number of rotatable bonds is 4. The number of hydrogen-bond donors (Lipinski definition) is 0. The summed E-state index contributed by atoms with van der Waals surface area (Å²) in [6.45, 7) is 9.56. The first kappa shape index (κ1) is 22.8. The maximum atomic E-state index is 13.0. The summed E-state index contributed by atoms with van der Waals surface area (Å²) in [6, 6.07) is 8.14. The molecule has 2 fully saturated rings. The summed E-state index contributed by atoms with van der Waals surface area (Å²) >= 11 is 0. The third-order valence-corrected chi connectivity index (χ3v) is 7.43. The number of pyridine rings is 2. The predicted molar refractivity (Wildman–Crippen MR) is 136 cm³/mol. The topological polar surface area (TPSA) is 87.6 Å². The van der Waals surface area contributed by atoms with E-state index in [4.69, 9.17) is 9.72 Å². The van der Waals surface area contributed by atoms with Crippen LogP contribution in [0.25, 0.3) is 0 Å². The van der Waals surface area contributed by atoms with E-state index in [9.17, 15) is 4.79 Å². The van der Waals surface area contributed by atoms with Gasteiger partial charge in [0, 0.05) is 69.7 Å². The van der Waals surface area contributed by atoms with Gasteiger partial charge >= 0.3 is 0 Å². The number of carbonyl (C=O) groups excluding carboxylic acids is 1. The summed E-state index contributed by atoms with van der Waals surface area (Å²) in [5, 5.41) is 8.84. The first-order valence-electron chi connectivity index (χ1n) is 12.7. The zero-order chi connectivity index (χ0) is 24.6. The predicted octanol–water partition coefficient (Wildman–Crippen LogP) is 2.60. The first-order chi connectivity index (χ1) is 17.5. The average Bonchev–Trinajstić information content (AvgIpc) is 2.87. The van der Waals surface area contributed by atoms with E-state index >= 15 is 0 Å². The molecule has 6 heterocycles. The van der Waals surface area contributed by atoms with Crippen molar-refractivity contribution in [1.82, 2.24) is 25.1 Å². The summed E-state index contributed by atoms with van der Waals surface area (Å²) in [5.41, 5.74) is 6.06. The van der Waals surface area contributed by atoms with E-state index in [2.05, 4.69) is 44.0 Å². The number of nitrogens with zero attached hydrogens (tertiary/aromatic N) is 7. The average molecular weight is 486 g/mol. The number of anilines is 2. The molecule has 1 atom stereocenters. The Bertz CT molecular complexity index is 1260. The van der Waals surface area contributed by atoms with Crippen LogP contribution in [0.5, 0.6) is 0 Å². The summed E-state index contributed by atoms with van der Waals surface area (Å²) in [5.74, 6) is 1.11. The highest BCUT2D eigenvalue weighted by molar-refractivity contribution is 5.93. The second-order valence-corrected chi connectivity index (χ2v) is 10.0. The van der Waals surface area contributed by atoms with Gasteiger partial charge < -0.3 is 19.4 Å². The molecule has 3 aromatic heterocycles. The van der Waals surface area contributed by atoms with Gasteiger partial charge in [-0.05, 0) is 48.7 Å². The van der Waals surface area contributed by atoms with Crippen LogP contribution in [-0.2, 0) is 17.7 Å². The lowest BCUT2D eigenvalue weighted by atomic mass is 9.92. The number of carbonyl (C=O) groups is 1. The van der Waals surface area contributed by atoms with E-state index in [0.29, 0.717) is 24.7 Å². The van der Waals surface area contributed by atoms with Crippen molar-refractivity contribution in [3.05, 3.63) is 70.9 Å². The van der Waals surface area contributed by atoms with Gasteiger partial charge in [-0.25, -0.2) is 0 Å². The molecule has 0 radical (unpaired) electrons. The molecular formula is C27H31N7O2. The van der Waals surface area contributed by atoms with E-state index in [1.807, 2.05) is 36.4 Å². The maximum Gasteiger partial charge on any atom is 0.274 e. The molecule has 3 aliphatic rings. The van der Waals surface area contributed by atoms with Gasteiger partial charge in [-0.1, -0.05) is 6.07 Å². The Balaban J connectivity index is 1.13. The van der Waals surface area contributed by atoms with Crippen molar-refractivity contribution in [2.75, 3.05) is 49.1 Å². The molecule has 6 rings (SSSR count). The van der Waals surface area contributed by atoms with E-state index in [-0.39, 0.29) is 12.0 Å². The van der Waals surface area contributed by atoms with E-state index in [1.54, 1.807) is 6.20 Å². The standard InChI is InChI=1S/C27H31N7O2/c1-18-10-25(27(35)34-16-22(17-34)20-4-3-6-28-12-20)30-31-26(18)33-7-5-24-21(15-33)11-23(13-29-24)32-8-9-36-19(2)14-32/h3-4,6,10-13,19,22H,5,7-9,14-17H2,1-2H3/t19-/m1/s1. The molecule has 0 spiro atoms. The number of fused-ring (bicyclic) bond motifs is 1. The highest BCUT2D eigenvalue weighted by Crippen LogP contribution is 2.30. The maximum absolute atomic E-state index is 13.0. The molecule has 3 aromatic rings. The van der Waals surface area contributed by atoms with Gasteiger partial charge in [0.25, 0.3) is 5.91 Å². The Morgan fingerprint density at radius 3 is 2.75 bits per heavy atom. The molecule has 3 aliphatic heterocycles. The van der Waals surface area contributed by atoms with Gasteiger partial charge in [0.05, 0.1) is 24.6 Å². The number of ether oxygens (including phenoxy) is 1. The lowest BCUT2D eigenvalue weighted by Gasteiger charge is -2.39. The number of morpholine rings is 1. The molecule has 186 valence electrons. The van der Waals surface area contributed by atoms with Crippen molar-refractivity contribution in [3.8, 4) is 0 Å². The molecule has 9 nitrogen and oxygen atoms in total. The minimum absolute atomic E-state index is 0.0603. The van der Waals surface area contributed by atoms with Crippen LogP contribution >= 0.6 is 0 Å². The molecule has 0 aliphatic carbocycles. The van der Waals surface area contributed by atoms with Crippen LogP contribution in [-0.4, -0.2) is 76.4 Å². The lowest BCUT2D eigenvalue weighted by molar-refractivity contribution is 0.0532. The molecule has 1 amide bonds. The van der Waals surface area contributed by atoms with Crippen LogP contribution in [0.2, 0.25) is 0 Å². The summed E-state index contributed by atoms with van der Waals surface area (Å²) in [6.07, 6.45) is 6.73. The van der Waals surface area contributed by atoms with Crippen molar-refractivity contribution in [2.24, 2.45) is 0 Å². The summed E-state index contributed by atoms with van der Waals surface area (Å²) < 4.78 is 5.69. The highest BCUT2D eigenvalue weighted by Gasteiger charge is 2.33. The van der Waals surface area contributed by atoms with Crippen LogP contribution in [0.1, 0.15) is 45.7 Å². The van der Waals surface area contributed by atoms with Gasteiger partial charge in [-0.2, -0.15) is 0 Å². The smallest absolute Gasteiger partial charge is 0.274 e. The van der Waals surface area contributed by atoms with Crippen LogP contribution in [0.15, 0.2) is 42.9 Å². The SMILES string of the molecule is Cc1cc(C(=O)N2CC(c3cccnc3)C2)nnc1N1CCc2ncc(N3CCO[C@H](C)C3)cc2C1. The van der Waals surface area contributed by atoms with Crippen LogP contribution < -0.4 is 9.80 Å². The normalized spacial score (nSPS) is 20.2. The van der Waals surface area contributed by atoms with E-state index < -0.39 is 0 Å². The molecule has 0 unspecified atom stereocenters. The second-order valence-electron chi connectivity index (χ2n) is 10.0. The van der Waals surface area contributed by atoms with E-state index in [1.165, 1.54) is 11.1 Å². The minimum Gasteiger partial charge on any atom is -0.375 e. The molecule has 0 bridgehead atoms. The van der Waals surface area contributed by atoms with Crippen LogP contribution in [0, 0.1) is 6.92 Å². The van der Waals surface area contributed by atoms with Crippen molar-refractivity contribution in [1.29, 1.82) is 0 Å². The Labute approximate surface area is 211 Å². The third-order valence-electron chi connectivity index (χ3n) is 7.43. The van der Waals surface area contributed by atoms with Gasteiger partial charge in [-0.15, -0.1) is 10.2 Å². The molecule has 36 heavy (non-hydrogen) atoms. The summed E-state index contributed by atoms with van der Waals surface area (Å²) in [4.78, 5) is 28.4. The molecule has 9 heteroatoms. The molecule has 0 saturated carbocycles. The van der Waals surface area contributed by atoms with Crippen LogP contribution in [0.4, 0.5) is 11.5 Å². The Hall–Kier alpha value is -3.59. The van der Waals surface area contributed by atoms with Gasteiger partial charge in [0.1, 0.15) is 0 Å². The fourth-order valence-electron chi connectivity index (χ4n) is 5.35. The van der Waals surface area contributed by atoms with Gasteiger partial charge in [0.2, 0.25) is 0 Å². The Morgan fingerprint density at radius 2 is 1.97 bits per heavy atom. The molecule has 0 N–H and O–H groups in total. The van der Waals surface area contributed by atoms with Crippen molar-refractivity contribution in [3.63, 3.8) is 0 Å². The summed E-state index contributed by atoms with van der Waals surface area (Å²) in [7, 11) is 0. The van der Waals surface area contributed by atoms with Crippen LogP contribution in [0.3, 0.4) is 0 Å². The fourth-order valence-corrected chi connectivity index (χ4v) is 5.35. The number of hydrogen-bond acceptors (Lipinski definition) is 8. The van der Waals surface area contributed by atoms with Crippen molar-refractivity contribution in [2.45, 2.75) is 38.8 Å². The van der Waals surface area contributed by atoms with Gasteiger partial charge in [0.15, 0.2) is 11.5 Å². The van der Waals surface area contributed by atoms with Gasteiger partial charge in [-0.3, -0.25) is 14.8 Å². The number of aryl methyl sites for hydroxylation is 1. The fraction of sp³-hybridized carbons (Fsp3) is 0.444. The second kappa shape index (κ2) is 9.46.